The molecule has 0 atom stereocenters. The van der Waals surface area contributed by atoms with Crippen LogP contribution in [0.1, 0.15) is 34.5 Å². The number of nitrogens with one attached hydrogen (secondary N) is 1. The van der Waals surface area contributed by atoms with Crippen molar-refractivity contribution < 1.29 is 4.79 Å². The minimum atomic E-state index is -0.0250. The molecule has 0 bridgehead atoms. The standard InChI is InChI=1S/C17H20N4O/c1-12-7-13(2)9-14(8-12)20-16-11-18-15(10-19-16)17(22)21-5-3-4-6-21/h7-11H,3-6H2,1-2H3,(H,19,20). The molecule has 3 rings (SSSR count). The second-order valence-corrected chi connectivity index (χ2v) is 5.79. The Hall–Kier alpha value is -2.43. The topological polar surface area (TPSA) is 58.1 Å². The van der Waals surface area contributed by atoms with Gasteiger partial charge in [-0.2, -0.15) is 0 Å². The molecule has 1 aromatic carbocycles. The molecule has 0 radical (unpaired) electrons. The van der Waals surface area contributed by atoms with Crippen LogP contribution in [-0.4, -0.2) is 33.9 Å². The van der Waals surface area contributed by atoms with Crippen LogP contribution in [0.25, 0.3) is 0 Å². The first-order valence-electron chi connectivity index (χ1n) is 7.58. The lowest BCUT2D eigenvalue weighted by molar-refractivity contribution is 0.0786. The first-order valence-corrected chi connectivity index (χ1v) is 7.58. The van der Waals surface area contributed by atoms with E-state index in [9.17, 15) is 4.79 Å². The van der Waals surface area contributed by atoms with Gasteiger partial charge in [0.25, 0.3) is 5.91 Å². The third-order valence-electron chi connectivity index (χ3n) is 3.76. The Labute approximate surface area is 130 Å². The van der Waals surface area contributed by atoms with Gasteiger partial charge in [0.05, 0.1) is 12.4 Å². The molecule has 1 aromatic heterocycles. The highest BCUT2D eigenvalue weighted by Gasteiger charge is 2.20. The molecular weight excluding hydrogens is 276 g/mol. The molecule has 5 heteroatoms. The number of benzene rings is 1. The first-order chi connectivity index (χ1) is 10.6. The van der Waals surface area contributed by atoms with Crippen LogP contribution in [0.15, 0.2) is 30.6 Å². The average molecular weight is 296 g/mol. The number of aryl methyl sites for hydroxylation is 2. The Balaban J connectivity index is 1.72. The lowest BCUT2D eigenvalue weighted by Gasteiger charge is -2.14. The van der Waals surface area contributed by atoms with E-state index in [4.69, 9.17) is 0 Å². The quantitative estimate of drug-likeness (QED) is 0.945. The van der Waals surface area contributed by atoms with Gasteiger partial charge in [-0.25, -0.2) is 9.97 Å². The number of rotatable bonds is 3. The maximum atomic E-state index is 12.2. The number of anilines is 2. The van der Waals surface area contributed by atoms with Crippen molar-refractivity contribution in [3.63, 3.8) is 0 Å². The number of amides is 1. The second kappa shape index (κ2) is 6.13. The largest absolute Gasteiger partial charge is 0.339 e. The van der Waals surface area contributed by atoms with Gasteiger partial charge < -0.3 is 10.2 Å². The van der Waals surface area contributed by atoms with Gasteiger partial charge in [-0.1, -0.05) is 6.07 Å². The van der Waals surface area contributed by atoms with E-state index in [1.54, 1.807) is 12.4 Å². The molecule has 2 heterocycles. The predicted molar refractivity (Wildman–Crippen MR) is 86.4 cm³/mol. The maximum Gasteiger partial charge on any atom is 0.274 e. The van der Waals surface area contributed by atoms with Gasteiger partial charge in [0.1, 0.15) is 11.5 Å². The minimum Gasteiger partial charge on any atom is -0.339 e. The second-order valence-electron chi connectivity index (χ2n) is 5.79. The first kappa shape index (κ1) is 14.5. The number of hydrogen-bond acceptors (Lipinski definition) is 4. The zero-order valence-electron chi connectivity index (χ0n) is 13.0. The van der Waals surface area contributed by atoms with E-state index in [1.165, 1.54) is 11.1 Å². The Morgan fingerprint density at radius 1 is 1.05 bits per heavy atom. The van der Waals surface area contributed by atoms with E-state index in [0.717, 1.165) is 31.6 Å². The van der Waals surface area contributed by atoms with Crippen molar-refractivity contribution >= 4 is 17.4 Å². The normalized spacial score (nSPS) is 14.2. The fourth-order valence-corrected chi connectivity index (χ4v) is 2.78. The molecule has 1 aliphatic heterocycles. The van der Waals surface area contributed by atoms with Crippen molar-refractivity contribution in [3.8, 4) is 0 Å². The summed E-state index contributed by atoms with van der Waals surface area (Å²) in [5.41, 5.74) is 3.77. The highest BCUT2D eigenvalue weighted by atomic mass is 16.2. The summed E-state index contributed by atoms with van der Waals surface area (Å²) in [6.07, 6.45) is 5.31. The summed E-state index contributed by atoms with van der Waals surface area (Å²) < 4.78 is 0. The molecule has 1 amide bonds. The van der Waals surface area contributed by atoms with E-state index in [2.05, 4.69) is 47.3 Å². The fourth-order valence-electron chi connectivity index (χ4n) is 2.78. The molecule has 1 aliphatic rings. The Morgan fingerprint density at radius 3 is 2.32 bits per heavy atom. The molecule has 1 N–H and O–H groups in total. The summed E-state index contributed by atoms with van der Waals surface area (Å²) in [4.78, 5) is 22.6. The number of carbonyl (C=O) groups is 1. The fraction of sp³-hybridized carbons (Fsp3) is 0.353. The van der Waals surface area contributed by atoms with Crippen LogP contribution in [0.2, 0.25) is 0 Å². The van der Waals surface area contributed by atoms with Crippen molar-refractivity contribution in [3.05, 3.63) is 47.4 Å². The predicted octanol–water partition coefficient (Wildman–Crippen LogP) is 3.07. The summed E-state index contributed by atoms with van der Waals surface area (Å²) >= 11 is 0. The van der Waals surface area contributed by atoms with Crippen LogP contribution in [0, 0.1) is 13.8 Å². The number of aromatic nitrogens is 2. The third-order valence-corrected chi connectivity index (χ3v) is 3.76. The molecule has 1 fully saturated rings. The van der Waals surface area contributed by atoms with Gasteiger partial charge in [-0.15, -0.1) is 0 Å². The lowest BCUT2D eigenvalue weighted by atomic mass is 10.1. The van der Waals surface area contributed by atoms with E-state index >= 15 is 0 Å². The molecule has 2 aromatic rings. The van der Waals surface area contributed by atoms with Crippen molar-refractivity contribution in [1.29, 1.82) is 0 Å². The molecule has 1 saturated heterocycles. The molecule has 5 nitrogen and oxygen atoms in total. The Kier molecular flexibility index (Phi) is 4.04. The number of likely N-dealkylation sites (tertiary alicyclic amines) is 1. The average Bonchev–Trinajstić information content (AvgIpc) is 3.00. The number of carbonyl (C=O) groups excluding carboxylic acids is 1. The van der Waals surface area contributed by atoms with Crippen molar-refractivity contribution in [2.24, 2.45) is 0 Å². The molecule has 0 aliphatic carbocycles. The SMILES string of the molecule is Cc1cc(C)cc(Nc2cnc(C(=O)N3CCCC3)cn2)c1. The maximum absolute atomic E-state index is 12.2. The van der Waals surface area contributed by atoms with E-state index in [1.807, 2.05) is 4.90 Å². The van der Waals surface area contributed by atoms with Gasteiger partial charge in [0.15, 0.2) is 0 Å². The monoisotopic (exact) mass is 296 g/mol. The third kappa shape index (κ3) is 3.24. The molecule has 0 unspecified atom stereocenters. The molecule has 0 spiro atoms. The highest BCUT2D eigenvalue weighted by molar-refractivity contribution is 5.92. The van der Waals surface area contributed by atoms with Gasteiger partial charge >= 0.3 is 0 Å². The van der Waals surface area contributed by atoms with E-state index in [-0.39, 0.29) is 5.91 Å². The zero-order chi connectivity index (χ0) is 15.5. The van der Waals surface area contributed by atoms with Crippen molar-refractivity contribution in [1.82, 2.24) is 14.9 Å². The van der Waals surface area contributed by atoms with Gasteiger partial charge in [-0.3, -0.25) is 4.79 Å². The van der Waals surface area contributed by atoms with Gasteiger partial charge in [-0.05, 0) is 49.9 Å². The van der Waals surface area contributed by atoms with E-state index < -0.39 is 0 Å². The lowest BCUT2D eigenvalue weighted by Crippen LogP contribution is -2.28. The van der Waals surface area contributed by atoms with Crippen molar-refractivity contribution in [2.45, 2.75) is 26.7 Å². The van der Waals surface area contributed by atoms with Crippen LogP contribution in [0.5, 0.6) is 0 Å². The van der Waals surface area contributed by atoms with Crippen LogP contribution in [0.3, 0.4) is 0 Å². The summed E-state index contributed by atoms with van der Waals surface area (Å²) in [7, 11) is 0. The highest BCUT2D eigenvalue weighted by Crippen LogP contribution is 2.18. The van der Waals surface area contributed by atoms with E-state index in [0.29, 0.717) is 11.5 Å². The van der Waals surface area contributed by atoms with Gasteiger partial charge in [0.2, 0.25) is 0 Å². The Bertz CT molecular complexity index is 655. The molecular formula is C17H20N4O. The molecule has 0 saturated carbocycles. The number of nitrogens with zero attached hydrogens (tertiary/aromatic N) is 3. The summed E-state index contributed by atoms with van der Waals surface area (Å²) in [6, 6.07) is 6.23. The smallest absolute Gasteiger partial charge is 0.274 e. The van der Waals surface area contributed by atoms with Gasteiger partial charge in [0, 0.05) is 18.8 Å². The van der Waals surface area contributed by atoms with Crippen LogP contribution in [0.4, 0.5) is 11.5 Å². The summed E-state index contributed by atoms with van der Waals surface area (Å²) in [6.45, 7) is 5.76. The Morgan fingerprint density at radius 2 is 1.73 bits per heavy atom. The van der Waals surface area contributed by atoms with Crippen LogP contribution < -0.4 is 5.32 Å². The van der Waals surface area contributed by atoms with Crippen LogP contribution in [-0.2, 0) is 0 Å². The summed E-state index contributed by atoms with van der Waals surface area (Å²) in [5, 5.41) is 3.22. The van der Waals surface area contributed by atoms with Crippen molar-refractivity contribution in [2.75, 3.05) is 18.4 Å². The number of hydrogen-bond donors (Lipinski definition) is 1. The molecule has 22 heavy (non-hydrogen) atoms. The summed E-state index contributed by atoms with van der Waals surface area (Å²) in [5.74, 6) is 0.617. The van der Waals surface area contributed by atoms with Crippen LogP contribution >= 0.6 is 0 Å². The molecule has 114 valence electrons. The minimum absolute atomic E-state index is 0.0250. The zero-order valence-corrected chi connectivity index (χ0v) is 13.0.